The van der Waals surface area contributed by atoms with E-state index in [1.54, 1.807) is 49.4 Å². The molecule has 0 aliphatic carbocycles. The van der Waals surface area contributed by atoms with E-state index < -0.39 is 18.0 Å². The molecule has 0 radical (unpaired) electrons. The molecular formula is C21H19Cl3N2O4. The molecule has 0 saturated carbocycles. The molecule has 158 valence electrons. The van der Waals surface area contributed by atoms with Gasteiger partial charge in [-0.3, -0.25) is 4.90 Å². The van der Waals surface area contributed by atoms with E-state index in [0.717, 1.165) is 0 Å². The lowest BCUT2D eigenvalue weighted by atomic mass is 9.94. The topological polar surface area (TPSA) is 67.9 Å². The first-order valence-corrected chi connectivity index (χ1v) is 10.2. The third kappa shape index (κ3) is 4.51. The summed E-state index contributed by atoms with van der Waals surface area (Å²) in [4.78, 5) is 26.9. The second-order valence-corrected chi connectivity index (χ2v) is 7.58. The van der Waals surface area contributed by atoms with Gasteiger partial charge in [0.05, 0.1) is 39.0 Å². The van der Waals surface area contributed by atoms with Crippen LogP contribution in [0, 0.1) is 0 Å². The monoisotopic (exact) mass is 468 g/mol. The molecule has 30 heavy (non-hydrogen) atoms. The Bertz CT molecular complexity index is 1010. The Morgan fingerprint density at radius 1 is 1.10 bits per heavy atom. The Kier molecular flexibility index (Phi) is 7.13. The summed E-state index contributed by atoms with van der Waals surface area (Å²) >= 11 is 18.7. The van der Waals surface area contributed by atoms with Crippen LogP contribution in [0.25, 0.3) is 0 Å². The highest BCUT2D eigenvalue weighted by Crippen LogP contribution is 2.37. The number of hydrogen-bond acceptors (Lipinski definition) is 4. The lowest BCUT2D eigenvalue weighted by molar-refractivity contribution is -0.139. The van der Waals surface area contributed by atoms with Crippen molar-refractivity contribution in [1.29, 1.82) is 0 Å². The predicted molar refractivity (Wildman–Crippen MR) is 116 cm³/mol. The van der Waals surface area contributed by atoms with Gasteiger partial charge in [-0.1, -0.05) is 59.1 Å². The first-order valence-electron chi connectivity index (χ1n) is 9.10. The van der Waals surface area contributed by atoms with Crippen LogP contribution in [0.2, 0.25) is 15.1 Å². The van der Waals surface area contributed by atoms with Crippen LogP contribution in [0.5, 0.6) is 5.75 Å². The summed E-state index contributed by atoms with van der Waals surface area (Å²) in [5, 5.41) is 3.74. The number of hydrogen-bond donors (Lipinski definition) is 1. The molecular weight excluding hydrogens is 451 g/mol. The average Bonchev–Trinajstić information content (AvgIpc) is 2.72. The zero-order chi connectivity index (χ0) is 21.8. The van der Waals surface area contributed by atoms with Gasteiger partial charge in [0, 0.05) is 7.05 Å². The third-order valence-electron chi connectivity index (χ3n) is 4.57. The summed E-state index contributed by atoms with van der Waals surface area (Å²) in [6, 6.07) is 10.6. The minimum Gasteiger partial charge on any atom is -0.486 e. The predicted octanol–water partition coefficient (Wildman–Crippen LogP) is 5.24. The van der Waals surface area contributed by atoms with Crippen molar-refractivity contribution in [1.82, 2.24) is 10.2 Å². The number of urea groups is 1. The molecule has 0 bridgehead atoms. The van der Waals surface area contributed by atoms with Gasteiger partial charge >= 0.3 is 12.0 Å². The molecule has 1 N–H and O–H groups in total. The Hall–Kier alpha value is -2.41. The van der Waals surface area contributed by atoms with Crippen LogP contribution in [0.4, 0.5) is 4.79 Å². The molecule has 0 unspecified atom stereocenters. The van der Waals surface area contributed by atoms with E-state index in [4.69, 9.17) is 44.3 Å². The van der Waals surface area contributed by atoms with Crippen molar-refractivity contribution in [3.05, 3.63) is 74.4 Å². The van der Waals surface area contributed by atoms with E-state index in [0.29, 0.717) is 27.1 Å². The molecule has 1 aliphatic rings. The van der Waals surface area contributed by atoms with Crippen LogP contribution < -0.4 is 10.1 Å². The number of ether oxygens (including phenoxy) is 2. The molecule has 0 saturated heterocycles. The number of nitrogens with zero attached hydrogens (tertiary/aromatic N) is 1. The van der Waals surface area contributed by atoms with Crippen LogP contribution in [0.15, 0.2) is 53.7 Å². The number of carbonyl (C=O) groups is 2. The SMILES string of the molecule is CCOC(=O)C1=C(COc2ccccc2Cl)N(C)C(=O)N[C@H]1c1cccc(Cl)c1Cl. The number of rotatable bonds is 6. The number of esters is 1. The zero-order valence-electron chi connectivity index (χ0n) is 16.2. The van der Waals surface area contributed by atoms with Crippen LogP contribution in [0.3, 0.4) is 0 Å². The molecule has 1 heterocycles. The minimum absolute atomic E-state index is 0.0868. The van der Waals surface area contributed by atoms with Crippen LogP contribution >= 0.6 is 34.8 Å². The highest BCUT2D eigenvalue weighted by molar-refractivity contribution is 6.42. The van der Waals surface area contributed by atoms with Crippen LogP contribution in [0.1, 0.15) is 18.5 Å². The number of carbonyl (C=O) groups excluding carboxylic acids is 2. The highest BCUT2D eigenvalue weighted by Gasteiger charge is 2.38. The molecule has 1 atom stereocenters. The molecule has 6 nitrogen and oxygen atoms in total. The van der Waals surface area contributed by atoms with Crippen LogP contribution in [-0.2, 0) is 9.53 Å². The molecule has 0 aromatic heterocycles. The number of para-hydroxylation sites is 1. The van der Waals surface area contributed by atoms with Gasteiger partial charge in [-0.2, -0.15) is 0 Å². The van der Waals surface area contributed by atoms with Gasteiger partial charge in [0.25, 0.3) is 0 Å². The maximum absolute atomic E-state index is 12.9. The first kappa shape index (κ1) is 22.3. The van der Waals surface area contributed by atoms with Gasteiger partial charge in [-0.15, -0.1) is 0 Å². The number of halogens is 3. The quantitative estimate of drug-likeness (QED) is 0.588. The molecule has 0 spiro atoms. The molecule has 0 fully saturated rings. The lowest BCUT2D eigenvalue weighted by Gasteiger charge is -2.34. The van der Waals surface area contributed by atoms with Gasteiger partial charge in [0.15, 0.2) is 0 Å². The minimum atomic E-state index is -0.858. The molecule has 1 aliphatic heterocycles. The maximum atomic E-state index is 12.9. The van der Waals surface area contributed by atoms with Gasteiger partial charge in [0.1, 0.15) is 12.4 Å². The number of benzene rings is 2. The fraction of sp³-hybridized carbons (Fsp3) is 0.238. The van der Waals surface area contributed by atoms with E-state index in [-0.39, 0.29) is 23.8 Å². The second-order valence-electron chi connectivity index (χ2n) is 6.38. The second kappa shape index (κ2) is 9.60. The van der Waals surface area contributed by atoms with Gasteiger partial charge in [0.2, 0.25) is 0 Å². The van der Waals surface area contributed by atoms with Crippen molar-refractivity contribution >= 4 is 46.8 Å². The van der Waals surface area contributed by atoms with E-state index in [9.17, 15) is 9.59 Å². The summed E-state index contributed by atoms with van der Waals surface area (Å²) < 4.78 is 11.1. The smallest absolute Gasteiger partial charge is 0.338 e. The number of amides is 2. The van der Waals surface area contributed by atoms with Crippen molar-refractivity contribution < 1.29 is 19.1 Å². The lowest BCUT2D eigenvalue weighted by Crippen LogP contribution is -2.48. The molecule has 2 aromatic carbocycles. The summed E-state index contributed by atoms with van der Waals surface area (Å²) in [5.74, 6) is -0.172. The zero-order valence-corrected chi connectivity index (χ0v) is 18.5. The first-order chi connectivity index (χ1) is 14.3. The maximum Gasteiger partial charge on any atom is 0.338 e. The van der Waals surface area contributed by atoms with Gasteiger partial charge < -0.3 is 14.8 Å². The van der Waals surface area contributed by atoms with Crippen molar-refractivity contribution in [3.8, 4) is 5.75 Å². The summed E-state index contributed by atoms with van der Waals surface area (Å²) in [5.41, 5.74) is 1.01. The Labute approximate surface area is 189 Å². The molecule has 3 rings (SSSR count). The van der Waals surface area contributed by atoms with E-state index in [1.165, 1.54) is 11.9 Å². The largest absolute Gasteiger partial charge is 0.486 e. The summed E-state index contributed by atoms with van der Waals surface area (Å²) in [6.07, 6.45) is 0. The average molecular weight is 470 g/mol. The highest BCUT2D eigenvalue weighted by atomic mass is 35.5. The van der Waals surface area contributed by atoms with E-state index in [2.05, 4.69) is 5.32 Å². The van der Waals surface area contributed by atoms with Crippen LogP contribution in [-0.4, -0.2) is 37.2 Å². The van der Waals surface area contributed by atoms with E-state index >= 15 is 0 Å². The standard InChI is InChI=1S/C21H19Cl3N2O4/c1-3-29-20(27)17-15(11-30-16-10-5-4-8-13(16)22)26(2)21(28)25-19(17)12-7-6-9-14(23)18(12)24/h4-10,19H,3,11H2,1-2H3,(H,25,28)/t19-/m0/s1. The van der Waals surface area contributed by atoms with Crippen molar-refractivity contribution in [2.45, 2.75) is 13.0 Å². The van der Waals surface area contributed by atoms with Crippen molar-refractivity contribution in [2.24, 2.45) is 0 Å². The molecule has 2 aromatic rings. The third-order valence-corrected chi connectivity index (χ3v) is 5.71. The normalized spacial score (nSPS) is 16.4. The Balaban J connectivity index is 2.09. The molecule has 2 amide bonds. The van der Waals surface area contributed by atoms with E-state index in [1.807, 2.05) is 0 Å². The Morgan fingerprint density at radius 3 is 2.50 bits per heavy atom. The number of likely N-dealkylation sites (N-methyl/N-ethyl adjacent to an activating group) is 1. The fourth-order valence-corrected chi connectivity index (χ4v) is 3.67. The van der Waals surface area contributed by atoms with Crippen molar-refractivity contribution in [2.75, 3.05) is 20.3 Å². The summed E-state index contributed by atoms with van der Waals surface area (Å²) in [7, 11) is 1.54. The molecule has 9 heteroatoms. The summed E-state index contributed by atoms with van der Waals surface area (Å²) in [6.45, 7) is 1.77. The fourth-order valence-electron chi connectivity index (χ4n) is 3.07. The number of nitrogens with one attached hydrogen (secondary N) is 1. The van der Waals surface area contributed by atoms with Gasteiger partial charge in [-0.05, 0) is 30.7 Å². The van der Waals surface area contributed by atoms with Crippen molar-refractivity contribution in [3.63, 3.8) is 0 Å². The Morgan fingerprint density at radius 2 is 1.80 bits per heavy atom. The van der Waals surface area contributed by atoms with Gasteiger partial charge in [-0.25, -0.2) is 9.59 Å².